The van der Waals surface area contributed by atoms with Crippen molar-refractivity contribution in [3.8, 4) is 0 Å². The summed E-state index contributed by atoms with van der Waals surface area (Å²) in [6, 6.07) is 9.20. The maximum Gasteiger partial charge on any atom is 0.232 e. The molecule has 7 heteroatoms. The summed E-state index contributed by atoms with van der Waals surface area (Å²) in [4.78, 5) is 26.1. The van der Waals surface area contributed by atoms with Gasteiger partial charge in [-0.05, 0) is 25.8 Å². The van der Waals surface area contributed by atoms with E-state index in [2.05, 4.69) is 0 Å². The van der Waals surface area contributed by atoms with E-state index >= 15 is 0 Å². The molecule has 1 aromatic carbocycles. The number of halogens is 1. The van der Waals surface area contributed by atoms with Crippen molar-refractivity contribution in [3.63, 3.8) is 0 Å². The minimum absolute atomic E-state index is 0. The number of likely N-dealkylation sites (tertiary alicyclic amines) is 1. The Labute approximate surface area is 160 Å². The number of thioether (sulfide) groups is 1. The van der Waals surface area contributed by atoms with Crippen molar-refractivity contribution in [1.29, 1.82) is 0 Å². The topological polar surface area (TPSA) is 72.6 Å². The normalized spacial score (nSPS) is 14.8. The Morgan fingerprint density at radius 1 is 1.16 bits per heavy atom. The summed E-state index contributed by atoms with van der Waals surface area (Å²) in [6.07, 6.45) is 2.88. The molecule has 0 atom stereocenters. The second-order valence-electron chi connectivity index (χ2n) is 5.88. The molecule has 0 aromatic heterocycles. The molecule has 2 rings (SSSR count). The standard InChI is InChI=1S/C18H26N2O3S.ClH/c19-9-4-12-23-16-7-10-20(11-8-16)18(22)14-24-13-17(21)15-5-2-1-3-6-15;/h1-3,5-6,16H,4,7-14,19H2;1H. The molecule has 0 saturated carbocycles. The van der Waals surface area contributed by atoms with Gasteiger partial charge in [-0.3, -0.25) is 9.59 Å². The number of amides is 1. The molecule has 1 amide bonds. The fourth-order valence-corrected chi connectivity index (χ4v) is 3.45. The second kappa shape index (κ2) is 12.3. The molecule has 2 N–H and O–H groups in total. The number of rotatable bonds is 9. The van der Waals surface area contributed by atoms with Crippen LogP contribution in [0, 0.1) is 0 Å². The van der Waals surface area contributed by atoms with E-state index in [1.807, 2.05) is 23.1 Å². The Morgan fingerprint density at radius 2 is 1.84 bits per heavy atom. The van der Waals surface area contributed by atoms with Crippen molar-refractivity contribution >= 4 is 35.9 Å². The molecule has 0 radical (unpaired) electrons. The largest absolute Gasteiger partial charge is 0.378 e. The lowest BCUT2D eigenvalue weighted by molar-refractivity contribution is -0.130. The molecule has 1 aliphatic rings. The first-order valence-electron chi connectivity index (χ1n) is 8.46. The highest BCUT2D eigenvalue weighted by Gasteiger charge is 2.23. The van der Waals surface area contributed by atoms with Gasteiger partial charge in [-0.25, -0.2) is 0 Å². The van der Waals surface area contributed by atoms with Gasteiger partial charge in [0.1, 0.15) is 0 Å². The van der Waals surface area contributed by atoms with E-state index in [1.165, 1.54) is 11.8 Å². The Morgan fingerprint density at radius 3 is 2.48 bits per heavy atom. The van der Waals surface area contributed by atoms with Crippen LogP contribution in [0.5, 0.6) is 0 Å². The number of nitrogens with zero attached hydrogens (tertiary/aromatic N) is 1. The number of benzene rings is 1. The molecule has 0 aliphatic carbocycles. The first kappa shape index (κ1) is 22.0. The first-order chi connectivity index (χ1) is 11.7. The molecular weight excluding hydrogens is 360 g/mol. The number of carbonyl (C=O) groups excluding carboxylic acids is 2. The fraction of sp³-hybridized carbons (Fsp3) is 0.556. The molecule has 5 nitrogen and oxygen atoms in total. The van der Waals surface area contributed by atoms with Gasteiger partial charge in [-0.15, -0.1) is 24.2 Å². The quantitative estimate of drug-likeness (QED) is 0.521. The van der Waals surface area contributed by atoms with Gasteiger partial charge in [0.2, 0.25) is 5.91 Å². The third kappa shape index (κ3) is 7.77. The molecule has 140 valence electrons. The number of ether oxygens (including phenoxy) is 1. The summed E-state index contributed by atoms with van der Waals surface area (Å²) in [5.74, 6) is 0.882. The van der Waals surface area contributed by atoms with Crippen molar-refractivity contribution in [2.24, 2.45) is 5.73 Å². The smallest absolute Gasteiger partial charge is 0.232 e. The highest BCUT2D eigenvalue weighted by Crippen LogP contribution is 2.16. The maximum absolute atomic E-state index is 12.2. The number of carbonyl (C=O) groups is 2. The monoisotopic (exact) mass is 386 g/mol. The minimum atomic E-state index is 0. The van der Waals surface area contributed by atoms with Crippen molar-refractivity contribution in [3.05, 3.63) is 35.9 Å². The van der Waals surface area contributed by atoms with E-state index in [-0.39, 0.29) is 30.2 Å². The molecule has 1 fully saturated rings. The zero-order chi connectivity index (χ0) is 17.2. The highest BCUT2D eigenvalue weighted by atomic mass is 35.5. The highest BCUT2D eigenvalue weighted by molar-refractivity contribution is 8.00. The van der Waals surface area contributed by atoms with Crippen LogP contribution in [0.25, 0.3) is 0 Å². The number of nitrogens with two attached hydrogens (primary N) is 1. The van der Waals surface area contributed by atoms with Gasteiger partial charge < -0.3 is 15.4 Å². The van der Waals surface area contributed by atoms with Gasteiger partial charge in [0.15, 0.2) is 5.78 Å². The molecule has 0 bridgehead atoms. The predicted molar refractivity (Wildman–Crippen MR) is 105 cm³/mol. The van der Waals surface area contributed by atoms with E-state index in [0.29, 0.717) is 30.2 Å². The molecule has 1 aromatic rings. The summed E-state index contributed by atoms with van der Waals surface area (Å²) in [7, 11) is 0. The van der Waals surface area contributed by atoms with E-state index in [4.69, 9.17) is 10.5 Å². The van der Waals surface area contributed by atoms with E-state index in [9.17, 15) is 9.59 Å². The third-order valence-electron chi connectivity index (χ3n) is 4.05. The van der Waals surface area contributed by atoms with Gasteiger partial charge in [-0.2, -0.15) is 0 Å². The van der Waals surface area contributed by atoms with E-state index in [1.54, 1.807) is 12.1 Å². The molecule has 1 aliphatic heterocycles. The lowest BCUT2D eigenvalue weighted by Crippen LogP contribution is -2.42. The van der Waals surface area contributed by atoms with Crippen LogP contribution in [-0.2, 0) is 9.53 Å². The number of piperidine rings is 1. The van der Waals surface area contributed by atoms with Crippen molar-refractivity contribution in [2.75, 3.05) is 37.7 Å². The van der Waals surface area contributed by atoms with Gasteiger partial charge in [0, 0.05) is 25.3 Å². The lowest BCUT2D eigenvalue weighted by atomic mass is 10.1. The van der Waals surface area contributed by atoms with E-state index < -0.39 is 0 Å². The molecule has 1 heterocycles. The summed E-state index contributed by atoms with van der Waals surface area (Å²) >= 11 is 1.39. The first-order valence-corrected chi connectivity index (χ1v) is 9.61. The summed E-state index contributed by atoms with van der Waals surface area (Å²) in [5.41, 5.74) is 6.15. The molecule has 0 unspecified atom stereocenters. The molecule has 0 spiro atoms. The minimum Gasteiger partial charge on any atom is -0.378 e. The Bertz CT molecular complexity index is 522. The van der Waals surface area contributed by atoms with Crippen LogP contribution in [0.4, 0.5) is 0 Å². The average Bonchev–Trinajstić information content (AvgIpc) is 2.63. The molecular formula is C18H27ClN2O3S. The summed E-state index contributed by atoms with van der Waals surface area (Å²) in [6.45, 7) is 2.82. The zero-order valence-electron chi connectivity index (χ0n) is 14.4. The Kier molecular flexibility index (Phi) is 10.8. The van der Waals surface area contributed by atoms with Crippen LogP contribution in [0.2, 0.25) is 0 Å². The Hall–Kier alpha value is -1.08. The van der Waals surface area contributed by atoms with Gasteiger partial charge in [-0.1, -0.05) is 30.3 Å². The predicted octanol–water partition coefficient (Wildman–Crippen LogP) is 2.38. The van der Waals surface area contributed by atoms with Crippen molar-refractivity contribution in [1.82, 2.24) is 4.90 Å². The number of hydrogen-bond acceptors (Lipinski definition) is 5. The van der Waals surface area contributed by atoms with Crippen LogP contribution < -0.4 is 5.73 Å². The third-order valence-corrected chi connectivity index (χ3v) is 4.97. The van der Waals surface area contributed by atoms with Crippen molar-refractivity contribution in [2.45, 2.75) is 25.4 Å². The summed E-state index contributed by atoms with van der Waals surface area (Å²) < 4.78 is 5.75. The van der Waals surface area contributed by atoms with Crippen molar-refractivity contribution < 1.29 is 14.3 Å². The maximum atomic E-state index is 12.2. The number of hydrogen-bond donors (Lipinski definition) is 1. The fourth-order valence-electron chi connectivity index (χ4n) is 2.63. The number of Topliss-reactive ketones (excluding diaryl/α,β-unsaturated/α-hetero) is 1. The molecule has 25 heavy (non-hydrogen) atoms. The van der Waals surface area contributed by atoms with Crippen LogP contribution >= 0.6 is 24.2 Å². The number of ketones is 1. The molecule has 1 saturated heterocycles. The summed E-state index contributed by atoms with van der Waals surface area (Å²) in [5, 5.41) is 0. The zero-order valence-corrected chi connectivity index (χ0v) is 16.0. The lowest BCUT2D eigenvalue weighted by Gasteiger charge is -2.32. The van der Waals surface area contributed by atoms with Gasteiger partial charge in [0.25, 0.3) is 0 Å². The van der Waals surface area contributed by atoms with Crippen LogP contribution in [-0.4, -0.2) is 60.4 Å². The average molecular weight is 387 g/mol. The van der Waals surface area contributed by atoms with Gasteiger partial charge >= 0.3 is 0 Å². The van der Waals surface area contributed by atoms with Crippen LogP contribution in [0.1, 0.15) is 29.6 Å². The van der Waals surface area contributed by atoms with Gasteiger partial charge in [0.05, 0.1) is 17.6 Å². The van der Waals surface area contributed by atoms with E-state index in [0.717, 1.165) is 32.4 Å². The SMILES string of the molecule is Cl.NCCCOC1CCN(C(=O)CSCC(=O)c2ccccc2)CC1. The Balaban J connectivity index is 0.00000312. The van der Waals surface area contributed by atoms with Crippen LogP contribution in [0.3, 0.4) is 0 Å². The second-order valence-corrected chi connectivity index (χ2v) is 6.86. The van der Waals surface area contributed by atoms with Crippen LogP contribution in [0.15, 0.2) is 30.3 Å².